The molecule has 1 aliphatic rings. The topological polar surface area (TPSA) is 48.3 Å². The Balaban J connectivity index is 2.16. The van der Waals surface area contributed by atoms with E-state index in [0.29, 0.717) is 0 Å². The van der Waals surface area contributed by atoms with Gasteiger partial charge in [0.1, 0.15) is 5.54 Å². The molecule has 1 N–H and O–H groups in total. The number of hydrogen-bond acceptors (Lipinski definition) is 4. The standard InChI is InChI=1S/C14H27N3O/c1-14(12-15,16-2)7-4-8-17(3)11-13-5-9-18-10-6-13/h13,16H,4-11H2,1-3H3. The Bertz CT molecular complexity index is 271. The molecule has 0 aliphatic carbocycles. The van der Waals surface area contributed by atoms with Crippen LogP contribution >= 0.6 is 0 Å². The predicted molar refractivity (Wildman–Crippen MR) is 73.4 cm³/mol. The van der Waals surface area contributed by atoms with Gasteiger partial charge in [-0.15, -0.1) is 0 Å². The minimum atomic E-state index is -0.375. The largest absolute Gasteiger partial charge is 0.381 e. The van der Waals surface area contributed by atoms with Gasteiger partial charge >= 0.3 is 0 Å². The Hall–Kier alpha value is -0.630. The summed E-state index contributed by atoms with van der Waals surface area (Å²) in [5, 5.41) is 12.2. The second-order valence-corrected chi connectivity index (χ2v) is 5.62. The fourth-order valence-corrected chi connectivity index (χ4v) is 2.40. The van der Waals surface area contributed by atoms with E-state index >= 15 is 0 Å². The molecule has 0 aromatic rings. The van der Waals surface area contributed by atoms with Crippen molar-refractivity contribution in [1.82, 2.24) is 10.2 Å². The van der Waals surface area contributed by atoms with Crippen LogP contribution in [0.15, 0.2) is 0 Å². The average molecular weight is 253 g/mol. The summed E-state index contributed by atoms with van der Waals surface area (Å²) in [6.07, 6.45) is 4.34. The maximum atomic E-state index is 9.07. The molecule has 4 heteroatoms. The van der Waals surface area contributed by atoms with Crippen LogP contribution in [-0.2, 0) is 4.74 Å². The molecule has 1 saturated heterocycles. The Morgan fingerprint density at radius 2 is 2.11 bits per heavy atom. The Morgan fingerprint density at radius 1 is 1.44 bits per heavy atom. The lowest BCUT2D eigenvalue weighted by Gasteiger charge is -2.28. The van der Waals surface area contributed by atoms with Crippen molar-refractivity contribution in [3.63, 3.8) is 0 Å². The first-order valence-electron chi connectivity index (χ1n) is 6.96. The quantitative estimate of drug-likeness (QED) is 0.749. The third-order valence-electron chi connectivity index (χ3n) is 3.93. The fraction of sp³-hybridized carbons (Fsp3) is 0.929. The minimum absolute atomic E-state index is 0.375. The van der Waals surface area contributed by atoms with Crippen LogP contribution in [0.25, 0.3) is 0 Å². The molecular weight excluding hydrogens is 226 g/mol. The van der Waals surface area contributed by atoms with E-state index in [-0.39, 0.29) is 5.54 Å². The zero-order chi connectivity index (χ0) is 13.4. The maximum absolute atomic E-state index is 9.07. The van der Waals surface area contributed by atoms with Gasteiger partial charge in [0.15, 0.2) is 0 Å². The van der Waals surface area contributed by atoms with E-state index in [1.165, 1.54) is 12.8 Å². The van der Waals surface area contributed by atoms with Crippen molar-refractivity contribution in [3.8, 4) is 6.07 Å². The molecule has 0 radical (unpaired) electrons. The summed E-state index contributed by atoms with van der Waals surface area (Å²) < 4.78 is 5.37. The molecule has 0 aromatic heterocycles. The van der Waals surface area contributed by atoms with Gasteiger partial charge in [-0.2, -0.15) is 5.26 Å². The highest BCUT2D eigenvalue weighted by atomic mass is 16.5. The van der Waals surface area contributed by atoms with Gasteiger partial charge in [0.05, 0.1) is 6.07 Å². The van der Waals surface area contributed by atoms with Crippen LogP contribution in [0.2, 0.25) is 0 Å². The van der Waals surface area contributed by atoms with Crippen LogP contribution in [0.5, 0.6) is 0 Å². The van der Waals surface area contributed by atoms with Gasteiger partial charge in [0.2, 0.25) is 0 Å². The molecule has 0 amide bonds. The number of rotatable bonds is 7. The summed E-state index contributed by atoms with van der Waals surface area (Å²) in [7, 11) is 4.04. The number of nitrogens with one attached hydrogen (secondary N) is 1. The normalized spacial score (nSPS) is 20.6. The monoisotopic (exact) mass is 253 g/mol. The molecule has 4 nitrogen and oxygen atoms in total. The molecule has 1 rings (SSSR count). The third-order valence-corrected chi connectivity index (χ3v) is 3.93. The van der Waals surface area contributed by atoms with Gasteiger partial charge in [0.25, 0.3) is 0 Å². The van der Waals surface area contributed by atoms with E-state index in [2.05, 4.69) is 23.3 Å². The van der Waals surface area contributed by atoms with Gasteiger partial charge in [-0.1, -0.05) is 0 Å². The molecule has 104 valence electrons. The molecule has 0 aromatic carbocycles. The van der Waals surface area contributed by atoms with Crippen LogP contribution in [0.3, 0.4) is 0 Å². The van der Waals surface area contributed by atoms with E-state index in [9.17, 15) is 0 Å². The molecule has 1 heterocycles. The highest BCUT2D eigenvalue weighted by Gasteiger charge is 2.21. The van der Waals surface area contributed by atoms with Crippen molar-refractivity contribution in [2.24, 2.45) is 5.92 Å². The van der Waals surface area contributed by atoms with E-state index < -0.39 is 0 Å². The van der Waals surface area contributed by atoms with Gasteiger partial charge in [0, 0.05) is 19.8 Å². The predicted octanol–water partition coefficient (Wildman–Crippen LogP) is 1.63. The van der Waals surface area contributed by atoms with Crippen molar-refractivity contribution >= 4 is 0 Å². The summed E-state index contributed by atoms with van der Waals surface area (Å²) in [6, 6.07) is 2.34. The van der Waals surface area contributed by atoms with Crippen molar-refractivity contribution in [1.29, 1.82) is 5.26 Å². The molecule has 1 atom stereocenters. The second kappa shape index (κ2) is 7.73. The van der Waals surface area contributed by atoms with E-state index in [1.807, 2.05) is 14.0 Å². The first-order valence-corrected chi connectivity index (χ1v) is 6.96. The van der Waals surface area contributed by atoms with Crippen LogP contribution in [-0.4, -0.2) is 50.8 Å². The van der Waals surface area contributed by atoms with Crippen molar-refractivity contribution in [2.75, 3.05) is 40.4 Å². The lowest BCUT2D eigenvalue weighted by molar-refractivity contribution is 0.0554. The maximum Gasteiger partial charge on any atom is 0.103 e. The number of nitriles is 1. The summed E-state index contributed by atoms with van der Waals surface area (Å²) >= 11 is 0. The summed E-state index contributed by atoms with van der Waals surface area (Å²) in [5.41, 5.74) is -0.375. The van der Waals surface area contributed by atoms with Gasteiger partial charge < -0.3 is 15.0 Å². The van der Waals surface area contributed by atoms with Crippen LogP contribution in [0.1, 0.15) is 32.6 Å². The first kappa shape index (κ1) is 15.4. The zero-order valence-electron chi connectivity index (χ0n) is 12.0. The molecule has 0 spiro atoms. The van der Waals surface area contributed by atoms with Crippen molar-refractivity contribution < 1.29 is 4.74 Å². The highest BCUT2D eigenvalue weighted by Crippen LogP contribution is 2.16. The SMILES string of the molecule is CNC(C)(C#N)CCCN(C)CC1CCOCC1. The lowest BCUT2D eigenvalue weighted by Crippen LogP contribution is -2.39. The fourth-order valence-electron chi connectivity index (χ4n) is 2.40. The molecule has 1 fully saturated rings. The zero-order valence-corrected chi connectivity index (χ0v) is 12.0. The first-order chi connectivity index (χ1) is 8.59. The Labute approximate surface area is 111 Å². The van der Waals surface area contributed by atoms with Crippen molar-refractivity contribution in [3.05, 3.63) is 0 Å². The van der Waals surface area contributed by atoms with E-state index in [1.54, 1.807) is 0 Å². The summed E-state index contributed by atoms with van der Waals surface area (Å²) in [4.78, 5) is 2.39. The average Bonchev–Trinajstić information content (AvgIpc) is 2.39. The smallest absolute Gasteiger partial charge is 0.103 e. The Kier molecular flexibility index (Phi) is 6.62. The van der Waals surface area contributed by atoms with Crippen LogP contribution < -0.4 is 5.32 Å². The summed E-state index contributed by atoms with van der Waals surface area (Å²) in [6.45, 7) is 6.03. The molecule has 18 heavy (non-hydrogen) atoms. The number of nitrogens with zero attached hydrogens (tertiary/aromatic N) is 2. The summed E-state index contributed by atoms with van der Waals surface area (Å²) in [5.74, 6) is 0.787. The molecule has 1 unspecified atom stereocenters. The Morgan fingerprint density at radius 3 is 2.67 bits per heavy atom. The molecular formula is C14H27N3O. The second-order valence-electron chi connectivity index (χ2n) is 5.62. The van der Waals surface area contributed by atoms with Gasteiger partial charge in [-0.25, -0.2) is 0 Å². The lowest BCUT2D eigenvalue weighted by atomic mass is 9.97. The van der Waals surface area contributed by atoms with Gasteiger partial charge in [-0.3, -0.25) is 0 Å². The minimum Gasteiger partial charge on any atom is -0.381 e. The van der Waals surface area contributed by atoms with Crippen LogP contribution in [0.4, 0.5) is 0 Å². The number of hydrogen-bond donors (Lipinski definition) is 1. The van der Waals surface area contributed by atoms with Gasteiger partial charge in [-0.05, 0) is 59.2 Å². The molecule has 1 aliphatic heterocycles. The van der Waals surface area contributed by atoms with E-state index in [0.717, 1.165) is 45.1 Å². The highest BCUT2D eigenvalue weighted by molar-refractivity contribution is 5.02. The van der Waals surface area contributed by atoms with Crippen molar-refractivity contribution in [2.45, 2.75) is 38.1 Å². The van der Waals surface area contributed by atoms with E-state index in [4.69, 9.17) is 10.00 Å². The number of ether oxygens (including phenoxy) is 1. The molecule has 0 saturated carbocycles. The molecule has 0 bridgehead atoms. The van der Waals surface area contributed by atoms with Crippen LogP contribution in [0, 0.1) is 17.2 Å². The third kappa shape index (κ3) is 5.34.